The minimum absolute atomic E-state index is 0.149. The molecule has 0 saturated heterocycles. The Morgan fingerprint density at radius 2 is 1.89 bits per heavy atom. The molecular weight excluding hydrogens is 506 g/mol. The molecule has 0 saturated carbocycles. The number of hydrogen-bond donors (Lipinski definition) is 1. The summed E-state index contributed by atoms with van der Waals surface area (Å²) in [4.78, 5) is 28.1. The Labute approximate surface area is 222 Å². The lowest BCUT2D eigenvalue weighted by atomic mass is 10.1. The van der Waals surface area contributed by atoms with Crippen LogP contribution in [-0.4, -0.2) is 25.6 Å². The fraction of sp³-hybridized carbons (Fsp3) is 0.107. The zero-order valence-electron chi connectivity index (χ0n) is 20.3. The number of non-ortho nitro benzene ring substituents is 1. The van der Waals surface area contributed by atoms with Crippen LogP contribution in [0.1, 0.15) is 27.2 Å². The van der Waals surface area contributed by atoms with E-state index in [1.807, 2.05) is 49.4 Å². The number of aryl methyl sites for hydroxylation is 1. The maximum Gasteiger partial charge on any atom is 0.295 e. The molecular formula is C28H22ClN5O4. The fourth-order valence-electron chi connectivity index (χ4n) is 4.13. The number of para-hydroxylation sites is 1. The summed E-state index contributed by atoms with van der Waals surface area (Å²) >= 11 is 6.27. The maximum atomic E-state index is 13.1. The van der Waals surface area contributed by atoms with Gasteiger partial charge < -0.3 is 10.1 Å². The summed E-state index contributed by atoms with van der Waals surface area (Å²) in [5.74, 6) is 0.581. The molecule has 0 unspecified atom stereocenters. The van der Waals surface area contributed by atoms with Gasteiger partial charge in [0.15, 0.2) is 5.82 Å². The maximum absolute atomic E-state index is 13.1. The van der Waals surface area contributed by atoms with Crippen molar-refractivity contribution < 1.29 is 14.5 Å². The van der Waals surface area contributed by atoms with Gasteiger partial charge in [-0.1, -0.05) is 54.1 Å². The molecule has 0 spiro atoms. The predicted molar refractivity (Wildman–Crippen MR) is 145 cm³/mol. The second kappa shape index (κ2) is 10.7. The van der Waals surface area contributed by atoms with E-state index in [-0.39, 0.29) is 16.8 Å². The lowest BCUT2D eigenvalue weighted by Gasteiger charge is -2.13. The number of halogens is 1. The van der Waals surface area contributed by atoms with Gasteiger partial charge in [0.1, 0.15) is 17.9 Å². The smallest absolute Gasteiger partial charge is 0.295 e. The van der Waals surface area contributed by atoms with Gasteiger partial charge in [0.05, 0.1) is 17.0 Å². The highest BCUT2D eigenvalue weighted by Crippen LogP contribution is 2.28. The van der Waals surface area contributed by atoms with Crippen LogP contribution in [-0.2, 0) is 13.2 Å². The topological polar surface area (TPSA) is 112 Å². The summed E-state index contributed by atoms with van der Waals surface area (Å²) in [6, 6.07) is 23.1. The van der Waals surface area contributed by atoms with Crippen molar-refractivity contribution in [3.8, 4) is 5.75 Å². The molecule has 0 bridgehead atoms. The average Bonchev–Trinajstić information content (AvgIpc) is 3.25. The van der Waals surface area contributed by atoms with E-state index in [4.69, 9.17) is 16.3 Å². The molecule has 3 aromatic carbocycles. The van der Waals surface area contributed by atoms with Crippen molar-refractivity contribution in [3.63, 3.8) is 0 Å². The number of pyridine rings is 1. The molecule has 0 atom stereocenters. The SMILES string of the molecule is Cc1cc(NC(=O)c2ccnc3c([N+](=O)[O-])cccc23)nn1Cc1cc(Cl)ccc1OCc1ccccc1. The number of nitro groups is 1. The first-order valence-corrected chi connectivity index (χ1v) is 12.1. The van der Waals surface area contributed by atoms with Crippen LogP contribution in [0, 0.1) is 17.0 Å². The summed E-state index contributed by atoms with van der Waals surface area (Å²) in [6.07, 6.45) is 1.38. The molecule has 0 aliphatic heterocycles. The third-order valence-electron chi connectivity index (χ3n) is 5.99. The predicted octanol–water partition coefficient (Wildman–Crippen LogP) is 6.18. The number of fused-ring (bicyclic) bond motifs is 1. The van der Waals surface area contributed by atoms with E-state index >= 15 is 0 Å². The number of carbonyl (C=O) groups is 1. The van der Waals surface area contributed by atoms with Gasteiger partial charge >= 0.3 is 0 Å². The number of nitro benzene ring substituents is 1. The van der Waals surface area contributed by atoms with Crippen LogP contribution < -0.4 is 10.1 Å². The van der Waals surface area contributed by atoms with Crippen molar-refractivity contribution in [2.45, 2.75) is 20.1 Å². The summed E-state index contributed by atoms with van der Waals surface area (Å²) in [7, 11) is 0. The molecule has 5 aromatic rings. The highest BCUT2D eigenvalue weighted by atomic mass is 35.5. The van der Waals surface area contributed by atoms with Gasteiger partial charge in [-0.2, -0.15) is 5.10 Å². The first-order chi connectivity index (χ1) is 18.4. The number of nitrogens with zero attached hydrogens (tertiary/aromatic N) is 4. The fourth-order valence-corrected chi connectivity index (χ4v) is 4.32. The monoisotopic (exact) mass is 527 g/mol. The van der Waals surface area contributed by atoms with Gasteiger partial charge in [0, 0.05) is 40.0 Å². The lowest BCUT2D eigenvalue weighted by molar-refractivity contribution is -0.383. The molecule has 9 nitrogen and oxygen atoms in total. The Morgan fingerprint density at radius 1 is 1.08 bits per heavy atom. The van der Waals surface area contributed by atoms with Crippen molar-refractivity contribution in [2.75, 3.05) is 5.32 Å². The molecule has 2 aromatic heterocycles. The number of ether oxygens (including phenoxy) is 1. The Kier molecular flexibility index (Phi) is 7.01. The minimum atomic E-state index is -0.518. The molecule has 0 radical (unpaired) electrons. The molecule has 1 N–H and O–H groups in total. The van der Waals surface area contributed by atoms with E-state index in [0.717, 1.165) is 16.8 Å². The largest absolute Gasteiger partial charge is 0.489 e. The van der Waals surface area contributed by atoms with E-state index in [9.17, 15) is 14.9 Å². The summed E-state index contributed by atoms with van der Waals surface area (Å²) in [5, 5.41) is 19.7. The van der Waals surface area contributed by atoms with Gasteiger partial charge in [0.25, 0.3) is 11.6 Å². The van der Waals surface area contributed by atoms with Crippen LogP contribution in [0.3, 0.4) is 0 Å². The lowest BCUT2D eigenvalue weighted by Crippen LogP contribution is -2.14. The number of amides is 1. The van der Waals surface area contributed by atoms with Crippen molar-refractivity contribution in [2.24, 2.45) is 0 Å². The molecule has 190 valence electrons. The summed E-state index contributed by atoms with van der Waals surface area (Å²) in [5.41, 5.74) is 2.94. The molecule has 0 aliphatic carbocycles. The number of aromatic nitrogens is 3. The number of nitrogens with one attached hydrogen (secondary N) is 1. The Hall–Kier alpha value is -4.76. The second-order valence-corrected chi connectivity index (χ2v) is 9.03. The van der Waals surface area contributed by atoms with Gasteiger partial charge in [-0.15, -0.1) is 0 Å². The number of carbonyl (C=O) groups excluding carboxylic acids is 1. The van der Waals surface area contributed by atoms with E-state index in [0.29, 0.717) is 35.1 Å². The molecule has 5 rings (SSSR count). The molecule has 10 heteroatoms. The molecule has 1 amide bonds. The minimum Gasteiger partial charge on any atom is -0.489 e. The summed E-state index contributed by atoms with van der Waals surface area (Å²) in [6.45, 7) is 2.66. The van der Waals surface area contributed by atoms with E-state index in [1.165, 1.54) is 24.4 Å². The highest BCUT2D eigenvalue weighted by Gasteiger charge is 2.19. The molecule has 2 heterocycles. The first kappa shape index (κ1) is 24.9. The zero-order valence-corrected chi connectivity index (χ0v) is 21.1. The Balaban J connectivity index is 1.36. The van der Waals surface area contributed by atoms with Crippen LogP contribution in [0.25, 0.3) is 10.9 Å². The van der Waals surface area contributed by atoms with Crippen molar-refractivity contribution >= 4 is 39.9 Å². The van der Waals surface area contributed by atoms with E-state index in [1.54, 1.807) is 22.9 Å². The zero-order chi connectivity index (χ0) is 26.6. The molecule has 0 aliphatic rings. The van der Waals surface area contributed by atoms with Crippen molar-refractivity contribution in [3.05, 3.63) is 123 Å². The molecule has 38 heavy (non-hydrogen) atoms. The third kappa shape index (κ3) is 5.33. The van der Waals surface area contributed by atoms with E-state index in [2.05, 4.69) is 15.4 Å². The number of benzene rings is 3. The normalized spacial score (nSPS) is 10.9. The standard InChI is InChI=1S/C28H22ClN5O4/c1-18-14-26(31-28(35)23-12-13-30-27-22(23)8-5-9-24(27)34(36)37)32-33(18)16-20-15-21(29)10-11-25(20)38-17-19-6-3-2-4-7-19/h2-15H,16-17H2,1H3,(H,31,32,35). The first-order valence-electron chi connectivity index (χ1n) is 11.7. The summed E-state index contributed by atoms with van der Waals surface area (Å²) < 4.78 is 7.81. The number of rotatable bonds is 8. The van der Waals surface area contributed by atoms with Crippen LogP contribution >= 0.6 is 11.6 Å². The Morgan fingerprint density at radius 3 is 2.68 bits per heavy atom. The van der Waals surface area contributed by atoms with Crippen molar-refractivity contribution in [1.82, 2.24) is 14.8 Å². The number of hydrogen-bond acceptors (Lipinski definition) is 6. The van der Waals surface area contributed by atoms with Gasteiger partial charge in [0.2, 0.25) is 0 Å². The van der Waals surface area contributed by atoms with Gasteiger partial charge in [-0.05, 0) is 36.8 Å². The van der Waals surface area contributed by atoms with E-state index < -0.39 is 10.8 Å². The van der Waals surface area contributed by atoms with Crippen LogP contribution in [0.5, 0.6) is 5.75 Å². The quantitative estimate of drug-likeness (QED) is 0.190. The van der Waals surface area contributed by atoms with Crippen molar-refractivity contribution in [1.29, 1.82) is 0 Å². The van der Waals surface area contributed by atoms with Crippen LogP contribution in [0.15, 0.2) is 85.1 Å². The van der Waals surface area contributed by atoms with Crippen LogP contribution in [0.4, 0.5) is 11.5 Å². The Bertz CT molecular complexity index is 1650. The second-order valence-electron chi connectivity index (χ2n) is 8.60. The van der Waals surface area contributed by atoms with Gasteiger partial charge in [-0.25, -0.2) is 4.98 Å². The number of anilines is 1. The van der Waals surface area contributed by atoms with Crippen LogP contribution in [0.2, 0.25) is 5.02 Å². The average molecular weight is 528 g/mol. The third-order valence-corrected chi connectivity index (χ3v) is 6.23. The van der Waals surface area contributed by atoms with Gasteiger partial charge in [-0.3, -0.25) is 19.6 Å². The molecule has 0 fully saturated rings. The highest BCUT2D eigenvalue weighted by molar-refractivity contribution is 6.30.